The zero-order valence-corrected chi connectivity index (χ0v) is 8.22. The van der Waals surface area contributed by atoms with Crippen LogP contribution in [0, 0.1) is 5.92 Å². The summed E-state index contributed by atoms with van der Waals surface area (Å²) in [6.07, 6.45) is 0.876. The third-order valence-corrected chi connectivity index (χ3v) is 2.51. The molecule has 1 N–H and O–H groups in total. The van der Waals surface area contributed by atoms with Crippen molar-refractivity contribution in [1.82, 2.24) is 4.90 Å². The molecule has 1 saturated heterocycles. The van der Waals surface area contributed by atoms with Crippen molar-refractivity contribution in [1.29, 1.82) is 0 Å². The number of aliphatic hydroxyl groups is 1. The van der Waals surface area contributed by atoms with Gasteiger partial charge in [-0.15, -0.1) is 0 Å². The van der Waals surface area contributed by atoms with E-state index in [1.54, 1.807) is 0 Å². The van der Waals surface area contributed by atoms with Crippen molar-refractivity contribution < 1.29 is 5.11 Å². The lowest BCUT2D eigenvalue weighted by molar-refractivity contribution is 0.129. The van der Waals surface area contributed by atoms with E-state index in [-0.39, 0.29) is 6.10 Å². The van der Waals surface area contributed by atoms with E-state index in [0.29, 0.717) is 11.0 Å². The molecule has 0 amide bonds. The highest BCUT2D eigenvalue weighted by molar-refractivity contribution is 6.29. The molecule has 0 radical (unpaired) electrons. The summed E-state index contributed by atoms with van der Waals surface area (Å²) in [6.45, 7) is 8.23. The number of nitrogens with zero attached hydrogens (tertiary/aromatic N) is 1. The van der Waals surface area contributed by atoms with E-state index in [2.05, 4.69) is 11.5 Å². The largest absolute Gasteiger partial charge is 0.393 e. The summed E-state index contributed by atoms with van der Waals surface area (Å²) in [4.78, 5) is 2.23. The Bertz CT molecular complexity index is 170. The molecule has 1 aliphatic heterocycles. The fraction of sp³-hybridized carbons (Fsp3) is 0.778. The van der Waals surface area contributed by atoms with Gasteiger partial charge < -0.3 is 5.11 Å². The second kappa shape index (κ2) is 4.26. The molecule has 1 heterocycles. The number of hydrogen-bond donors (Lipinski definition) is 1. The first-order valence-corrected chi connectivity index (χ1v) is 4.71. The van der Waals surface area contributed by atoms with Crippen molar-refractivity contribution in [3.05, 3.63) is 11.6 Å². The molecule has 2 nitrogen and oxygen atoms in total. The van der Waals surface area contributed by atoms with Crippen LogP contribution in [-0.2, 0) is 0 Å². The second-order valence-electron chi connectivity index (χ2n) is 3.54. The molecular weight excluding hydrogens is 174 g/mol. The summed E-state index contributed by atoms with van der Waals surface area (Å²) in [7, 11) is 0. The quantitative estimate of drug-likeness (QED) is 0.727. The van der Waals surface area contributed by atoms with Gasteiger partial charge in [0.1, 0.15) is 0 Å². The molecule has 0 aromatic heterocycles. The van der Waals surface area contributed by atoms with Crippen molar-refractivity contribution in [2.45, 2.75) is 19.4 Å². The van der Waals surface area contributed by atoms with Crippen molar-refractivity contribution in [2.75, 3.05) is 19.6 Å². The van der Waals surface area contributed by atoms with E-state index in [1.807, 2.05) is 6.92 Å². The number of hydrogen-bond acceptors (Lipinski definition) is 2. The van der Waals surface area contributed by atoms with Gasteiger partial charge in [-0.05, 0) is 25.8 Å². The topological polar surface area (TPSA) is 23.5 Å². The molecule has 0 aromatic carbocycles. The highest BCUT2D eigenvalue weighted by Gasteiger charge is 2.25. The maximum atomic E-state index is 9.32. The Morgan fingerprint density at radius 1 is 1.83 bits per heavy atom. The van der Waals surface area contributed by atoms with Gasteiger partial charge in [0, 0.05) is 18.1 Å². The van der Waals surface area contributed by atoms with Crippen LogP contribution in [0.25, 0.3) is 0 Å². The Hall–Kier alpha value is -0.0500. The summed E-state index contributed by atoms with van der Waals surface area (Å²) >= 11 is 5.69. The highest BCUT2D eigenvalue weighted by Crippen LogP contribution is 2.20. The number of halogens is 1. The lowest BCUT2D eigenvalue weighted by Gasteiger charge is -2.16. The van der Waals surface area contributed by atoms with Crippen LogP contribution in [0.3, 0.4) is 0 Å². The molecule has 0 bridgehead atoms. The Morgan fingerprint density at radius 3 is 2.92 bits per heavy atom. The molecule has 0 aromatic rings. The van der Waals surface area contributed by atoms with Crippen LogP contribution in [0.1, 0.15) is 13.3 Å². The average molecular weight is 190 g/mol. The van der Waals surface area contributed by atoms with Crippen LogP contribution in [-0.4, -0.2) is 35.7 Å². The normalized spacial score (nSPS) is 27.4. The van der Waals surface area contributed by atoms with Gasteiger partial charge in [0.15, 0.2) is 0 Å². The summed E-state index contributed by atoms with van der Waals surface area (Å²) < 4.78 is 0. The van der Waals surface area contributed by atoms with Gasteiger partial charge in [-0.1, -0.05) is 18.2 Å². The van der Waals surface area contributed by atoms with Crippen molar-refractivity contribution in [3.63, 3.8) is 0 Å². The Kier molecular flexibility index (Phi) is 3.56. The van der Waals surface area contributed by atoms with Crippen molar-refractivity contribution in [2.24, 2.45) is 5.92 Å². The molecule has 2 unspecified atom stereocenters. The first-order valence-electron chi connectivity index (χ1n) is 4.33. The Balaban J connectivity index is 2.30. The molecule has 0 spiro atoms. The zero-order chi connectivity index (χ0) is 9.14. The Labute approximate surface area is 78.8 Å². The molecule has 0 aliphatic carbocycles. The van der Waals surface area contributed by atoms with E-state index in [1.165, 1.54) is 0 Å². The molecule has 3 heteroatoms. The van der Waals surface area contributed by atoms with Gasteiger partial charge in [0.2, 0.25) is 0 Å². The van der Waals surface area contributed by atoms with Crippen LogP contribution in [0.15, 0.2) is 11.6 Å². The van der Waals surface area contributed by atoms with Gasteiger partial charge in [0.05, 0.1) is 6.10 Å². The van der Waals surface area contributed by atoms with Gasteiger partial charge in [-0.3, -0.25) is 4.90 Å². The third kappa shape index (κ3) is 2.77. The third-order valence-electron chi connectivity index (χ3n) is 2.39. The summed E-state index contributed by atoms with van der Waals surface area (Å²) in [5.74, 6) is 0.418. The van der Waals surface area contributed by atoms with E-state index in [9.17, 15) is 5.11 Å². The average Bonchev–Trinajstić information content (AvgIpc) is 2.34. The van der Waals surface area contributed by atoms with E-state index >= 15 is 0 Å². The van der Waals surface area contributed by atoms with Crippen molar-refractivity contribution in [3.8, 4) is 0 Å². The first-order chi connectivity index (χ1) is 5.59. The van der Waals surface area contributed by atoms with Crippen LogP contribution < -0.4 is 0 Å². The van der Waals surface area contributed by atoms with Crippen LogP contribution in [0.4, 0.5) is 0 Å². The number of rotatable bonds is 3. The standard InChI is InChI=1S/C9H16ClNO/c1-7(10)5-11-4-3-9(6-11)8(2)12/h8-9,12H,1,3-6H2,2H3. The number of likely N-dealkylation sites (tertiary alicyclic amines) is 1. The molecule has 1 aliphatic rings. The maximum absolute atomic E-state index is 9.32. The monoisotopic (exact) mass is 189 g/mol. The van der Waals surface area contributed by atoms with Gasteiger partial charge >= 0.3 is 0 Å². The van der Waals surface area contributed by atoms with E-state index in [4.69, 9.17) is 11.6 Å². The lowest BCUT2D eigenvalue weighted by Crippen LogP contribution is -2.25. The molecule has 70 valence electrons. The molecule has 1 rings (SSSR count). The minimum atomic E-state index is -0.196. The van der Waals surface area contributed by atoms with E-state index < -0.39 is 0 Å². The van der Waals surface area contributed by atoms with Gasteiger partial charge in [-0.2, -0.15) is 0 Å². The minimum Gasteiger partial charge on any atom is -0.393 e. The molecule has 2 atom stereocenters. The highest BCUT2D eigenvalue weighted by atomic mass is 35.5. The maximum Gasteiger partial charge on any atom is 0.0552 e. The van der Waals surface area contributed by atoms with E-state index in [0.717, 1.165) is 26.1 Å². The fourth-order valence-corrected chi connectivity index (χ4v) is 1.81. The Morgan fingerprint density at radius 2 is 2.50 bits per heavy atom. The molecule has 0 saturated carbocycles. The first kappa shape index (κ1) is 10.0. The van der Waals surface area contributed by atoms with Gasteiger partial charge in [-0.25, -0.2) is 0 Å². The summed E-state index contributed by atoms with van der Waals surface area (Å²) in [6, 6.07) is 0. The second-order valence-corrected chi connectivity index (χ2v) is 4.08. The zero-order valence-electron chi connectivity index (χ0n) is 7.46. The summed E-state index contributed by atoms with van der Waals surface area (Å²) in [5, 5.41) is 10.0. The van der Waals surface area contributed by atoms with Crippen LogP contribution in [0.5, 0.6) is 0 Å². The molecule has 12 heavy (non-hydrogen) atoms. The minimum absolute atomic E-state index is 0.196. The van der Waals surface area contributed by atoms with Crippen LogP contribution >= 0.6 is 11.6 Å². The number of aliphatic hydroxyl groups excluding tert-OH is 1. The predicted octanol–water partition coefficient (Wildman–Crippen LogP) is 1.44. The van der Waals surface area contributed by atoms with Gasteiger partial charge in [0.25, 0.3) is 0 Å². The molecular formula is C9H16ClNO. The lowest BCUT2D eigenvalue weighted by atomic mass is 10.0. The summed E-state index contributed by atoms with van der Waals surface area (Å²) in [5.41, 5.74) is 0. The van der Waals surface area contributed by atoms with Crippen molar-refractivity contribution >= 4 is 11.6 Å². The fourth-order valence-electron chi connectivity index (χ4n) is 1.64. The van der Waals surface area contributed by atoms with Crippen LogP contribution in [0.2, 0.25) is 0 Å². The predicted molar refractivity (Wildman–Crippen MR) is 51.2 cm³/mol. The SMILES string of the molecule is C=C(Cl)CN1CCC(C(C)O)C1. The smallest absolute Gasteiger partial charge is 0.0552 e. The molecule has 1 fully saturated rings.